The lowest BCUT2D eigenvalue weighted by Crippen LogP contribution is -2.21. The van der Waals surface area contributed by atoms with Crippen LogP contribution in [-0.2, 0) is 11.3 Å². The van der Waals surface area contributed by atoms with E-state index in [2.05, 4.69) is 11.9 Å². The molecule has 0 aliphatic carbocycles. The highest BCUT2D eigenvalue weighted by Crippen LogP contribution is 2.39. The molecular formula is C11H11NO6. The first-order chi connectivity index (χ1) is 8.38. The molecule has 0 aliphatic rings. The molecule has 1 amide bonds. The number of aromatic hydroxyl groups is 3. The molecule has 0 atom stereocenters. The number of carbonyl (C=O) groups is 2. The van der Waals surface area contributed by atoms with Gasteiger partial charge in [0.25, 0.3) is 0 Å². The molecule has 1 rings (SSSR count). The summed E-state index contributed by atoms with van der Waals surface area (Å²) < 4.78 is 0. The topological polar surface area (TPSA) is 127 Å². The zero-order valence-electron chi connectivity index (χ0n) is 9.17. The molecule has 0 heterocycles. The molecule has 0 radical (unpaired) electrons. The van der Waals surface area contributed by atoms with Gasteiger partial charge in [-0.1, -0.05) is 6.58 Å². The van der Waals surface area contributed by atoms with E-state index in [1.54, 1.807) is 0 Å². The number of aromatic carboxylic acids is 1. The fraction of sp³-hybridized carbons (Fsp3) is 0.0909. The molecule has 1 aromatic rings. The number of hydrogen-bond acceptors (Lipinski definition) is 5. The van der Waals surface area contributed by atoms with Crippen LogP contribution in [0.4, 0.5) is 0 Å². The summed E-state index contributed by atoms with van der Waals surface area (Å²) in [6.07, 6.45) is 0.970. The van der Waals surface area contributed by atoms with E-state index in [0.717, 1.165) is 12.1 Å². The Balaban J connectivity index is 3.22. The predicted octanol–water partition coefficient (Wildman–Crippen LogP) is 0.304. The van der Waals surface area contributed by atoms with E-state index in [1.807, 2.05) is 0 Å². The molecule has 0 fully saturated rings. The lowest BCUT2D eigenvalue weighted by molar-refractivity contribution is -0.116. The Labute approximate surface area is 102 Å². The number of carboxylic acids is 1. The monoisotopic (exact) mass is 253 g/mol. The minimum Gasteiger partial charge on any atom is -0.504 e. The van der Waals surface area contributed by atoms with Gasteiger partial charge in [0.05, 0.1) is 5.56 Å². The molecule has 0 saturated heterocycles. The van der Waals surface area contributed by atoms with Crippen LogP contribution >= 0.6 is 0 Å². The summed E-state index contributed by atoms with van der Waals surface area (Å²) in [6, 6.07) is 0.785. The van der Waals surface area contributed by atoms with Crippen molar-refractivity contribution in [1.82, 2.24) is 5.32 Å². The third-order valence-corrected chi connectivity index (χ3v) is 2.21. The van der Waals surface area contributed by atoms with Crippen LogP contribution in [0.2, 0.25) is 0 Å². The molecular weight excluding hydrogens is 242 g/mol. The number of hydrogen-bond donors (Lipinski definition) is 5. The van der Waals surface area contributed by atoms with Crippen molar-refractivity contribution in [3.05, 3.63) is 29.8 Å². The van der Waals surface area contributed by atoms with Crippen LogP contribution in [0, 0.1) is 0 Å². The summed E-state index contributed by atoms with van der Waals surface area (Å²) in [6.45, 7) is 2.88. The van der Waals surface area contributed by atoms with Crippen LogP contribution in [0.15, 0.2) is 18.7 Å². The molecule has 0 aliphatic heterocycles. The number of carbonyl (C=O) groups excluding carboxylic acids is 1. The number of phenols is 3. The Morgan fingerprint density at radius 1 is 1.28 bits per heavy atom. The number of carboxylic acid groups (broad SMARTS) is 1. The normalized spacial score (nSPS) is 9.78. The molecule has 5 N–H and O–H groups in total. The summed E-state index contributed by atoms with van der Waals surface area (Å²) in [5.74, 6) is -4.38. The number of phenolic OH excluding ortho intramolecular Hbond substituents is 3. The van der Waals surface area contributed by atoms with Gasteiger partial charge in [-0.3, -0.25) is 4.79 Å². The fourth-order valence-corrected chi connectivity index (χ4v) is 1.30. The third-order valence-electron chi connectivity index (χ3n) is 2.21. The van der Waals surface area contributed by atoms with E-state index in [9.17, 15) is 24.9 Å². The molecule has 0 unspecified atom stereocenters. The summed E-state index contributed by atoms with van der Waals surface area (Å²) in [5, 5.41) is 39.2. The SMILES string of the molecule is C=CC(=O)NCc1c(C(=O)O)cc(O)c(O)c1O. The van der Waals surface area contributed by atoms with Crippen molar-refractivity contribution in [3.63, 3.8) is 0 Å². The molecule has 7 nitrogen and oxygen atoms in total. The van der Waals surface area contributed by atoms with Gasteiger partial charge < -0.3 is 25.7 Å². The maximum absolute atomic E-state index is 11.0. The Kier molecular flexibility index (Phi) is 3.78. The van der Waals surface area contributed by atoms with E-state index >= 15 is 0 Å². The molecule has 96 valence electrons. The lowest BCUT2D eigenvalue weighted by Gasteiger charge is -2.11. The van der Waals surface area contributed by atoms with Gasteiger partial charge in [-0.2, -0.15) is 0 Å². The highest BCUT2D eigenvalue weighted by atomic mass is 16.4. The summed E-state index contributed by atoms with van der Waals surface area (Å²) in [7, 11) is 0. The van der Waals surface area contributed by atoms with E-state index in [0.29, 0.717) is 0 Å². The highest BCUT2D eigenvalue weighted by molar-refractivity contribution is 5.92. The largest absolute Gasteiger partial charge is 0.504 e. The minimum absolute atomic E-state index is 0.215. The van der Waals surface area contributed by atoms with Crippen molar-refractivity contribution in [2.24, 2.45) is 0 Å². The van der Waals surface area contributed by atoms with Gasteiger partial charge in [0, 0.05) is 12.1 Å². The second-order valence-corrected chi connectivity index (χ2v) is 3.35. The minimum atomic E-state index is -1.41. The molecule has 0 saturated carbocycles. The van der Waals surface area contributed by atoms with Crippen molar-refractivity contribution < 1.29 is 30.0 Å². The van der Waals surface area contributed by atoms with Crippen LogP contribution in [0.1, 0.15) is 15.9 Å². The van der Waals surface area contributed by atoms with E-state index in [-0.39, 0.29) is 12.1 Å². The first-order valence-corrected chi connectivity index (χ1v) is 4.78. The van der Waals surface area contributed by atoms with Crippen LogP contribution in [0.5, 0.6) is 17.2 Å². The average Bonchev–Trinajstić information content (AvgIpc) is 2.33. The summed E-state index contributed by atoms with van der Waals surface area (Å²) >= 11 is 0. The molecule has 0 bridgehead atoms. The van der Waals surface area contributed by atoms with Crippen molar-refractivity contribution in [2.45, 2.75) is 6.54 Å². The Morgan fingerprint density at radius 3 is 2.39 bits per heavy atom. The molecule has 7 heteroatoms. The van der Waals surface area contributed by atoms with Crippen LogP contribution in [0.3, 0.4) is 0 Å². The summed E-state index contributed by atoms with van der Waals surface area (Å²) in [5.41, 5.74) is -0.639. The van der Waals surface area contributed by atoms with Gasteiger partial charge in [0.15, 0.2) is 11.5 Å². The molecule has 18 heavy (non-hydrogen) atoms. The number of benzene rings is 1. The van der Waals surface area contributed by atoms with Crippen LogP contribution in [0.25, 0.3) is 0 Å². The summed E-state index contributed by atoms with van der Waals surface area (Å²) in [4.78, 5) is 21.9. The third kappa shape index (κ3) is 2.51. The zero-order valence-corrected chi connectivity index (χ0v) is 9.17. The van der Waals surface area contributed by atoms with Crippen LogP contribution in [-0.4, -0.2) is 32.3 Å². The standard InChI is InChI=1S/C11H11NO6/c1-2-8(14)12-4-6-5(11(17)18)3-7(13)10(16)9(6)15/h2-3,13,15-16H,1,4H2,(H,12,14)(H,17,18). The molecule has 1 aromatic carbocycles. The second-order valence-electron chi connectivity index (χ2n) is 3.35. The zero-order chi connectivity index (χ0) is 13.9. The predicted molar refractivity (Wildman–Crippen MR) is 60.4 cm³/mol. The Bertz CT molecular complexity index is 523. The van der Waals surface area contributed by atoms with Crippen molar-refractivity contribution >= 4 is 11.9 Å². The average molecular weight is 253 g/mol. The Morgan fingerprint density at radius 2 is 1.89 bits per heavy atom. The second kappa shape index (κ2) is 5.09. The first kappa shape index (κ1) is 13.4. The fourth-order valence-electron chi connectivity index (χ4n) is 1.30. The lowest BCUT2D eigenvalue weighted by atomic mass is 10.0. The molecule has 0 aromatic heterocycles. The van der Waals surface area contributed by atoms with E-state index in [1.165, 1.54) is 0 Å². The van der Waals surface area contributed by atoms with E-state index in [4.69, 9.17) is 5.11 Å². The maximum Gasteiger partial charge on any atom is 0.336 e. The van der Waals surface area contributed by atoms with Gasteiger partial charge in [-0.15, -0.1) is 0 Å². The van der Waals surface area contributed by atoms with Crippen molar-refractivity contribution in [2.75, 3.05) is 0 Å². The first-order valence-electron chi connectivity index (χ1n) is 4.78. The van der Waals surface area contributed by atoms with Gasteiger partial charge in [0.1, 0.15) is 0 Å². The van der Waals surface area contributed by atoms with Gasteiger partial charge in [-0.25, -0.2) is 4.79 Å². The quantitative estimate of drug-likeness (QED) is 0.388. The number of nitrogens with one attached hydrogen (secondary N) is 1. The smallest absolute Gasteiger partial charge is 0.336 e. The van der Waals surface area contributed by atoms with Gasteiger partial charge in [0.2, 0.25) is 11.7 Å². The Hall–Kier alpha value is -2.70. The van der Waals surface area contributed by atoms with Crippen molar-refractivity contribution in [3.8, 4) is 17.2 Å². The van der Waals surface area contributed by atoms with Crippen LogP contribution < -0.4 is 5.32 Å². The number of amides is 1. The highest BCUT2D eigenvalue weighted by Gasteiger charge is 2.21. The van der Waals surface area contributed by atoms with Gasteiger partial charge in [-0.05, 0) is 12.1 Å². The van der Waals surface area contributed by atoms with Gasteiger partial charge >= 0.3 is 5.97 Å². The number of rotatable bonds is 4. The van der Waals surface area contributed by atoms with E-state index < -0.39 is 34.7 Å². The maximum atomic E-state index is 11.0. The van der Waals surface area contributed by atoms with Crippen molar-refractivity contribution in [1.29, 1.82) is 0 Å². The molecule has 0 spiro atoms.